The molecule has 1 N–H and O–H groups in total. The van der Waals surface area contributed by atoms with Gasteiger partial charge in [0.25, 0.3) is 0 Å². The molecule has 0 spiro atoms. The SMILES string of the molecule is Cc1nnc(C(C)C)n1C1C[C@H]2CC[C@@H](C1)N2CC[C@H](NC(=O)C1CCCC1)c1ccsc1. The van der Waals surface area contributed by atoms with Gasteiger partial charge in [-0.2, -0.15) is 11.3 Å². The summed E-state index contributed by atoms with van der Waals surface area (Å²) in [5.74, 6) is 3.09. The molecule has 6 nitrogen and oxygen atoms in total. The number of aromatic nitrogens is 3. The van der Waals surface area contributed by atoms with Crippen LogP contribution in [0.5, 0.6) is 0 Å². The summed E-state index contributed by atoms with van der Waals surface area (Å²) in [6.45, 7) is 7.60. The number of hydrogen-bond donors (Lipinski definition) is 1. The molecule has 3 fully saturated rings. The number of nitrogens with one attached hydrogen (secondary N) is 1. The Morgan fingerprint density at radius 2 is 1.85 bits per heavy atom. The van der Waals surface area contributed by atoms with Gasteiger partial charge in [-0.15, -0.1) is 10.2 Å². The van der Waals surface area contributed by atoms with E-state index in [1.807, 2.05) is 0 Å². The molecule has 7 heteroatoms. The van der Waals surface area contributed by atoms with Crippen molar-refractivity contribution in [2.24, 2.45) is 5.92 Å². The van der Waals surface area contributed by atoms with Gasteiger partial charge in [-0.3, -0.25) is 9.69 Å². The average molecular weight is 470 g/mol. The van der Waals surface area contributed by atoms with Gasteiger partial charge in [0.1, 0.15) is 11.6 Å². The lowest BCUT2D eigenvalue weighted by Gasteiger charge is -2.40. The van der Waals surface area contributed by atoms with Crippen LogP contribution in [0.15, 0.2) is 16.8 Å². The molecular formula is C26H39N5OS. The molecule has 2 aliphatic heterocycles. The summed E-state index contributed by atoms with van der Waals surface area (Å²) < 4.78 is 2.43. The Morgan fingerprint density at radius 3 is 2.48 bits per heavy atom. The molecule has 4 atom stereocenters. The maximum atomic E-state index is 12.9. The number of hydrogen-bond acceptors (Lipinski definition) is 5. The van der Waals surface area contributed by atoms with Crippen LogP contribution in [0.4, 0.5) is 0 Å². The summed E-state index contributed by atoms with van der Waals surface area (Å²) in [6, 6.07) is 4.09. The van der Waals surface area contributed by atoms with Gasteiger partial charge < -0.3 is 9.88 Å². The fourth-order valence-corrected chi connectivity index (χ4v) is 7.32. The third-order valence-corrected chi connectivity index (χ3v) is 9.00. The van der Waals surface area contributed by atoms with Crippen LogP contribution in [0, 0.1) is 12.8 Å². The van der Waals surface area contributed by atoms with Gasteiger partial charge in [0.2, 0.25) is 5.91 Å². The number of piperidine rings is 1. The molecule has 1 aliphatic carbocycles. The van der Waals surface area contributed by atoms with E-state index in [1.54, 1.807) is 11.3 Å². The van der Waals surface area contributed by atoms with Crippen molar-refractivity contribution >= 4 is 17.2 Å². The second kappa shape index (κ2) is 9.87. The fourth-order valence-electron chi connectivity index (χ4n) is 6.60. The summed E-state index contributed by atoms with van der Waals surface area (Å²) in [5, 5.41) is 16.7. The van der Waals surface area contributed by atoms with Gasteiger partial charge >= 0.3 is 0 Å². The number of aryl methyl sites for hydroxylation is 1. The average Bonchev–Trinajstić information content (AvgIpc) is 3.59. The number of nitrogens with zero attached hydrogens (tertiary/aromatic N) is 4. The summed E-state index contributed by atoms with van der Waals surface area (Å²) >= 11 is 1.73. The van der Waals surface area contributed by atoms with Gasteiger partial charge in [0.05, 0.1) is 6.04 Å². The molecule has 5 rings (SSSR count). The molecule has 2 bridgehead atoms. The van der Waals surface area contributed by atoms with E-state index in [9.17, 15) is 4.79 Å². The highest BCUT2D eigenvalue weighted by atomic mass is 32.1. The minimum absolute atomic E-state index is 0.133. The lowest BCUT2D eigenvalue weighted by atomic mass is 9.95. The van der Waals surface area contributed by atoms with Gasteiger partial charge in [-0.05, 0) is 74.3 Å². The molecule has 180 valence electrons. The Bertz CT molecular complexity index is 919. The topological polar surface area (TPSA) is 63.1 Å². The van der Waals surface area contributed by atoms with Gasteiger partial charge in [-0.1, -0.05) is 26.7 Å². The smallest absolute Gasteiger partial charge is 0.223 e. The molecule has 1 saturated carbocycles. The quantitative estimate of drug-likeness (QED) is 0.564. The van der Waals surface area contributed by atoms with Crippen LogP contribution >= 0.6 is 11.3 Å². The summed E-state index contributed by atoms with van der Waals surface area (Å²) in [5.41, 5.74) is 1.27. The summed E-state index contributed by atoms with van der Waals surface area (Å²) in [6.07, 6.45) is 10.5. The minimum Gasteiger partial charge on any atom is -0.349 e. The Labute approximate surface area is 202 Å². The van der Waals surface area contributed by atoms with E-state index in [1.165, 1.54) is 44.1 Å². The first-order valence-corrected chi connectivity index (χ1v) is 13.9. The Kier molecular flexibility index (Phi) is 6.89. The molecule has 2 aromatic heterocycles. The molecule has 1 amide bonds. The van der Waals surface area contributed by atoms with Crippen LogP contribution in [-0.4, -0.2) is 44.2 Å². The zero-order chi connectivity index (χ0) is 22.9. The predicted molar refractivity (Wildman–Crippen MR) is 132 cm³/mol. The summed E-state index contributed by atoms with van der Waals surface area (Å²) in [4.78, 5) is 15.7. The van der Waals surface area contributed by atoms with Gasteiger partial charge in [-0.25, -0.2) is 0 Å². The van der Waals surface area contributed by atoms with E-state index in [2.05, 4.69) is 62.6 Å². The van der Waals surface area contributed by atoms with E-state index < -0.39 is 0 Å². The fraction of sp³-hybridized carbons (Fsp3) is 0.731. The van der Waals surface area contributed by atoms with Crippen LogP contribution in [-0.2, 0) is 4.79 Å². The highest BCUT2D eigenvalue weighted by Gasteiger charge is 2.42. The van der Waals surface area contributed by atoms with Crippen molar-refractivity contribution in [3.63, 3.8) is 0 Å². The van der Waals surface area contributed by atoms with Gasteiger partial charge in [0, 0.05) is 36.5 Å². The van der Waals surface area contributed by atoms with Crippen molar-refractivity contribution in [1.82, 2.24) is 25.0 Å². The molecule has 33 heavy (non-hydrogen) atoms. The van der Waals surface area contributed by atoms with E-state index in [0.717, 1.165) is 37.5 Å². The monoisotopic (exact) mass is 469 g/mol. The largest absolute Gasteiger partial charge is 0.349 e. The predicted octanol–water partition coefficient (Wildman–Crippen LogP) is 5.38. The Hall–Kier alpha value is -1.73. The minimum atomic E-state index is 0.133. The number of carbonyl (C=O) groups excluding carboxylic acids is 1. The molecule has 4 heterocycles. The second-order valence-electron chi connectivity index (χ2n) is 10.8. The first-order chi connectivity index (χ1) is 16.0. The number of rotatable bonds is 8. The van der Waals surface area contributed by atoms with E-state index in [4.69, 9.17) is 0 Å². The molecule has 2 saturated heterocycles. The van der Waals surface area contributed by atoms with Gasteiger partial charge in [0.15, 0.2) is 0 Å². The van der Waals surface area contributed by atoms with Crippen LogP contribution in [0.1, 0.15) is 107 Å². The van der Waals surface area contributed by atoms with Crippen molar-refractivity contribution in [2.75, 3.05) is 6.54 Å². The van der Waals surface area contributed by atoms with E-state index in [0.29, 0.717) is 24.0 Å². The molecule has 3 aliphatic rings. The maximum Gasteiger partial charge on any atom is 0.223 e. The van der Waals surface area contributed by atoms with Crippen molar-refractivity contribution in [1.29, 1.82) is 0 Å². The van der Waals surface area contributed by atoms with Crippen molar-refractivity contribution in [3.05, 3.63) is 34.0 Å². The lowest BCUT2D eigenvalue weighted by Crippen LogP contribution is -2.45. The lowest BCUT2D eigenvalue weighted by molar-refractivity contribution is -0.125. The maximum absolute atomic E-state index is 12.9. The number of amides is 1. The van der Waals surface area contributed by atoms with Crippen LogP contribution in [0.25, 0.3) is 0 Å². The molecule has 0 aromatic carbocycles. The van der Waals surface area contributed by atoms with Crippen molar-refractivity contribution < 1.29 is 4.79 Å². The molecule has 2 aromatic rings. The molecule has 1 unspecified atom stereocenters. The van der Waals surface area contributed by atoms with E-state index >= 15 is 0 Å². The first-order valence-electron chi connectivity index (χ1n) is 13.0. The van der Waals surface area contributed by atoms with Crippen LogP contribution < -0.4 is 5.32 Å². The second-order valence-corrected chi connectivity index (χ2v) is 11.5. The van der Waals surface area contributed by atoms with Crippen LogP contribution in [0.3, 0.4) is 0 Å². The molecule has 0 radical (unpaired) electrons. The Balaban J connectivity index is 1.24. The number of thiophene rings is 1. The number of fused-ring (bicyclic) bond motifs is 2. The highest BCUT2D eigenvalue weighted by Crippen LogP contribution is 2.42. The normalized spacial score (nSPS) is 26.8. The highest BCUT2D eigenvalue weighted by molar-refractivity contribution is 7.08. The first kappa shape index (κ1) is 23.0. The van der Waals surface area contributed by atoms with E-state index in [-0.39, 0.29) is 17.9 Å². The third kappa shape index (κ3) is 4.76. The van der Waals surface area contributed by atoms with Crippen LogP contribution in [0.2, 0.25) is 0 Å². The summed E-state index contributed by atoms with van der Waals surface area (Å²) in [7, 11) is 0. The standard InChI is InChI=1S/C26H39N5OS/c1-17(2)25-29-28-18(3)31(25)23-14-21-8-9-22(15-23)30(21)12-10-24(20-11-13-33-16-20)27-26(32)19-6-4-5-7-19/h11,13,16-17,19,21-24H,4-10,12,14-15H2,1-3H3,(H,27,32)/t21-,22+,23?,24-/m0/s1. The van der Waals surface area contributed by atoms with Crippen molar-refractivity contribution in [3.8, 4) is 0 Å². The zero-order valence-electron chi connectivity index (χ0n) is 20.4. The third-order valence-electron chi connectivity index (χ3n) is 8.30. The Morgan fingerprint density at radius 1 is 1.12 bits per heavy atom. The number of carbonyl (C=O) groups is 1. The molecular weight excluding hydrogens is 430 g/mol. The zero-order valence-corrected chi connectivity index (χ0v) is 21.2. The van der Waals surface area contributed by atoms with Crippen molar-refractivity contribution in [2.45, 2.75) is 109 Å².